The van der Waals surface area contributed by atoms with Crippen LogP contribution < -0.4 is 5.32 Å². The van der Waals surface area contributed by atoms with E-state index in [9.17, 15) is 22.4 Å². The van der Waals surface area contributed by atoms with Crippen LogP contribution in [0, 0.1) is 11.7 Å². The van der Waals surface area contributed by atoms with Crippen LogP contribution in [-0.2, 0) is 14.8 Å². The van der Waals surface area contributed by atoms with Crippen LogP contribution in [0.15, 0.2) is 53.4 Å². The van der Waals surface area contributed by atoms with Crippen molar-refractivity contribution in [2.24, 2.45) is 5.92 Å². The third kappa shape index (κ3) is 5.45. The van der Waals surface area contributed by atoms with E-state index >= 15 is 0 Å². The van der Waals surface area contributed by atoms with Crippen LogP contribution in [0.3, 0.4) is 0 Å². The summed E-state index contributed by atoms with van der Waals surface area (Å²) >= 11 is 0. The van der Waals surface area contributed by atoms with Gasteiger partial charge in [-0.25, -0.2) is 12.8 Å². The number of piperidine rings is 1. The Balaban J connectivity index is 1.30. The topological polar surface area (TPSA) is 90.0 Å². The summed E-state index contributed by atoms with van der Waals surface area (Å²) in [6, 6.07) is 11.6. The van der Waals surface area contributed by atoms with Gasteiger partial charge < -0.3 is 15.1 Å². The van der Waals surface area contributed by atoms with Crippen molar-refractivity contribution in [3.8, 4) is 0 Å². The molecule has 0 aromatic heterocycles. The predicted molar refractivity (Wildman–Crippen MR) is 126 cm³/mol. The molecular weight excluding hydrogens is 459 g/mol. The van der Waals surface area contributed by atoms with Gasteiger partial charge in [0, 0.05) is 56.4 Å². The molecule has 34 heavy (non-hydrogen) atoms. The van der Waals surface area contributed by atoms with Gasteiger partial charge in [-0.15, -0.1) is 0 Å². The summed E-state index contributed by atoms with van der Waals surface area (Å²) in [5, 5.41) is 2.87. The Morgan fingerprint density at radius 2 is 1.47 bits per heavy atom. The number of sulfonamides is 1. The summed E-state index contributed by atoms with van der Waals surface area (Å²) in [6.07, 6.45) is 0.790. The van der Waals surface area contributed by atoms with Crippen molar-refractivity contribution in [1.82, 2.24) is 14.1 Å². The summed E-state index contributed by atoms with van der Waals surface area (Å²) in [5.74, 6) is -0.991. The van der Waals surface area contributed by atoms with Crippen molar-refractivity contribution in [1.29, 1.82) is 0 Å². The number of nitrogens with one attached hydrogen (secondary N) is 1. The Hall–Kier alpha value is -2.82. The van der Waals surface area contributed by atoms with Gasteiger partial charge in [0.25, 0.3) is 5.91 Å². The highest BCUT2D eigenvalue weighted by Crippen LogP contribution is 2.25. The first kappa shape index (κ1) is 24.3. The number of halogens is 1. The van der Waals surface area contributed by atoms with E-state index in [-0.39, 0.29) is 35.7 Å². The molecule has 2 aromatic rings. The highest BCUT2D eigenvalue weighted by atomic mass is 32.2. The van der Waals surface area contributed by atoms with Crippen LogP contribution in [0.25, 0.3) is 0 Å². The Morgan fingerprint density at radius 3 is 2.06 bits per heavy atom. The Kier molecular flexibility index (Phi) is 7.30. The maximum atomic E-state index is 13.1. The summed E-state index contributed by atoms with van der Waals surface area (Å²) in [4.78, 5) is 29.5. The zero-order valence-electron chi connectivity index (χ0n) is 19.1. The molecule has 0 atom stereocenters. The molecule has 0 saturated carbocycles. The predicted octanol–water partition coefficient (Wildman–Crippen LogP) is 2.25. The maximum absolute atomic E-state index is 13.1. The normalized spacial score (nSPS) is 18.6. The average Bonchev–Trinajstić information content (AvgIpc) is 2.85. The van der Waals surface area contributed by atoms with Gasteiger partial charge in [-0.2, -0.15) is 4.31 Å². The van der Waals surface area contributed by atoms with Gasteiger partial charge in [-0.1, -0.05) is 0 Å². The summed E-state index contributed by atoms with van der Waals surface area (Å²) in [6.45, 7) is 3.53. The Bertz CT molecular complexity index is 1120. The number of nitrogens with zero attached hydrogens (tertiary/aromatic N) is 3. The molecular formula is C24H29FN4O4S. The molecule has 2 aromatic carbocycles. The van der Waals surface area contributed by atoms with Crippen molar-refractivity contribution >= 4 is 27.5 Å². The monoisotopic (exact) mass is 488 g/mol. The fourth-order valence-corrected chi connectivity index (χ4v) is 5.72. The fourth-order valence-electron chi connectivity index (χ4n) is 4.25. The molecule has 4 rings (SSSR count). The van der Waals surface area contributed by atoms with Crippen molar-refractivity contribution in [3.05, 3.63) is 59.9 Å². The minimum absolute atomic E-state index is 0.0132. The second-order valence-electron chi connectivity index (χ2n) is 8.79. The number of amides is 2. The number of anilines is 1. The van der Waals surface area contributed by atoms with Gasteiger partial charge >= 0.3 is 0 Å². The highest BCUT2D eigenvalue weighted by Gasteiger charge is 2.32. The van der Waals surface area contributed by atoms with Gasteiger partial charge in [-0.3, -0.25) is 9.59 Å². The zero-order chi connectivity index (χ0) is 24.3. The maximum Gasteiger partial charge on any atom is 0.253 e. The largest absolute Gasteiger partial charge is 0.336 e. The van der Waals surface area contributed by atoms with Gasteiger partial charge in [-0.05, 0) is 68.4 Å². The lowest BCUT2D eigenvalue weighted by molar-refractivity contribution is -0.120. The number of benzene rings is 2. The van der Waals surface area contributed by atoms with E-state index in [1.807, 2.05) is 11.9 Å². The fraction of sp³-hybridized carbons (Fsp3) is 0.417. The molecule has 0 aliphatic carbocycles. The van der Waals surface area contributed by atoms with Crippen LogP contribution >= 0.6 is 0 Å². The lowest BCUT2D eigenvalue weighted by Gasteiger charge is -2.32. The summed E-state index contributed by atoms with van der Waals surface area (Å²) < 4.78 is 40.0. The molecule has 1 N–H and O–H groups in total. The number of hydrogen-bond donors (Lipinski definition) is 1. The van der Waals surface area contributed by atoms with Gasteiger partial charge in [0.15, 0.2) is 0 Å². The minimum Gasteiger partial charge on any atom is -0.336 e. The van der Waals surface area contributed by atoms with E-state index in [0.29, 0.717) is 37.2 Å². The standard InChI is InChI=1S/C24H29FN4O4S/c1-27-14-16-28(17-15-27)24(31)19-2-6-21(7-3-19)26-23(30)18-10-12-29(13-11-18)34(32,33)22-8-4-20(25)5-9-22/h2-9,18H,10-17H2,1H3,(H,26,30). The molecule has 2 aliphatic heterocycles. The highest BCUT2D eigenvalue weighted by molar-refractivity contribution is 7.89. The van der Waals surface area contributed by atoms with Crippen LogP contribution in [-0.4, -0.2) is 80.7 Å². The molecule has 0 unspecified atom stereocenters. The van der Waals surface area contributed by atoms with Gasteiger partial charge in [0.05, 0.1) is 4.90 Å². The van der Waals surface area contributed by atoms with Crippen LogP contribution in [0.4, 0.5) is 10.1 Å². The third-order valence-corrected chi connectivity index (χ3v) is 8.38. The number of carbonyl (C=O) groups is 2. The lowest BCUT2D eigenvalue weighted by Crippen LogP contribution is -2.47. The molecule has 8 nitrogen and oxygen atoms in total. The molecule has 0 spiro atoms. The van der Waals surface area contributed by atoms with Gasteiger partial charge in [0.2, 0.25) is 15.9 Å². The zero-order valence-corrected chi connectivity index (χ0v) is 19.9. The molecule has 2 amide bonds. The summed E-state index contributed by atoms with van der Waals surface area (Å²) in [5.41, 5.74) is 1.18. The average molecular weight is 489 g/mol. The second kappa shape index (κ2) is 10.2. The summed E-state index contributed by atoms with van der Waals surface area (Å²) in [7, 11) is -1.68. The minimum atomic E-state index is -3.72. The molecule has 2 heterocycles. The number of carbonyl (C=O) groups excluding carboxylic acids is 2. The number of rotatable bonds is 5. The second-order valence-corrected chi connectivity index (χ2v) is 10.7. The van der Waals surface area contributed by atoms with Crippen molar-refractivity contribution in [2.75, 3.05) is 51.6 Å². The van der Waals surface area contributed by atoms with E-state index in [1.54, 1.807) is 24.3 Å². The first-order valence-electron chi connectivity index (χ1n) is 11.4. The van der Waals surface area contributed by atoms with Crippen LogP contribution in [0.1, 0.15) is 23.2 Å². The van der Waals surface area contributed by atoms with E-state index < -0.39 is 15.8 Å². The number of hydrogen-bond acceptors (Lipinski definition) is 5. The van der Waals surface area contributed by atoms with Crippen LogP contribution in [0.2, 0.25) is 0 Å². The Labute approximate surface area is 199 Å². The van der Waals surface area contributed by atoms with Gasteiger partial charge in [0.1, 0.15) is 5.82 Å². The van der Waals surface area contributed by atoms with Crippen molar-refractivity contribution in [3.63, 3.8) is 0 Å². The molecule has 0 bridgehead atoms. The molecule has 182 valence electrons. The quantitative estimate of drug-likeness (QED) is 0.697. The van der Waals surface area contributed by atoms with Crippen molar-refractivity contribution in [2.45, 2.75) is 17.7 Å². The molecule has 2 saturated heterocycles. The molecule has 10 heteroatoms. The number of piperazine rings is 1. The first-order valence-corrected chi connectivity index (χ1v) is 12.8. The first-order chi connectivity index (χ1) is 16.2. The lowest BCUT2D eigenvalue weighted by atomic mass is 9.97. The van der Waals surface area contributed by atoms with Crippen LogP contribution in [0.5, 0.6) is 0 Å². The molecule has 0 radical (unpaired) electrons. The van der Waals surface area contributed by atoms with E-state index in [2.05, 4.69) is 10.2 Å². The molecule has 2 aliphatic rings. The number of likely N-dealkylation sites (N-methyl/N-ethyl adjacent to an activating group) is 1. The smallest absolute Gasteiger partial charge is 0.253 e. The third-order valence-electron chi connectivity index (χ3n) is 6.47. The molecule has 2 fully saturated rings. The SMILES string of the molecule is CN1CCN(C(=O)c2ccc(NC(=O)C3CCN(S(=O)(=O)c4ccc(F)cc4)CC3)cc2)CC1. The van der Waals surface area contributed by atoms with Crippen molar-refractivity contribution < 1.29 is 22.4 Å². The van der Waals surface area contributed by atoms with E-state index in [1.165, 1.54) is 16.4 Å². The van der Waals surface area contributed by atoms with E-state index in [4.69, 9.17) is 0 Å². The Morgan fingerprint density at radius 1 is 0.882 bits per heavy atom. The van der Waals surface area contributed by atoms with E-state index in [0.717, 1.165) is 25.2 Å².